The Bertz CT molecular complexity index is 269. The minimum atomic E-state index is 0.0881. The van der Waals surface area contributed by atoms with E-state index in [0.717, 1.165) is 5.56 Å². The molecule has 0 aromatic heterocycles. The molecule has 0 unspecified atom stereocenters. The molecule has 2 nitrogen and oxygen atoms in total. The smallest absolute Gasteiger partial charge is 0.0718 e. The summed E-state index contributed by atoms with van der Waals surface area (Å²) < 4.78 is 5.21. The van der Waals surface area contributed by atoms with Gasteiger partial charge < -0.3 is 9.84 Å². The van der Waals surface area contributed by atoms with Crippen molar-refractivity contribution in [3.8, 4) is 0 Å². The molecule has 0 saturated carbocycles. The van der Waals surface area contributed by atoms with E-state index < -0.39 is 0 Å². The number of aliphatic hydroxyl groups excluding tert-OH is 1. The summed E-state index contributed by atoms with van der Waals surface area (Å²) in [5.74, 6) is 0. The summed E-state index contributed by atoms with van der Waals surface area (Å²) in [5, 5.41) is 8.52. The molecule has 0 atom stereocenters. The van der Waals surface area contributed by atoms with Gasteiger partial charge >= 0.3 is 0 Å². The molecule has 1 N–H and O–H groups in total. The molecule has 0 aliphatic heterocycles. The average molecular weight is 180 g/mol. The molecule has 0 fully saturated rings. The monoisotopic (exact) mass is 180 g/mol. The van der Waals surface area contributed by atoms with Crippen molar-refractivity contribution < 1.29 is 9.84 Å². The maximum Gasteiger partial charge on any atom is 0.0718 e. The van der Waals surface area contributed by atoms with Gasteiger partial charge in [-0.3, -0.25) is 0 Å². The largest absolute Gasteiger partial charge is 0.394 e. The van der Waals surface area contributed by atoms with Crippen molar-refractivity contribution in [2.75, 3.05) is 13.2 Å². The molecule has 1 rings (SSSR count). The molecule has 0 heterocycles. The second-order valence-corrected chi connectivity index (χ2v) is 3.19. The van der Waals surface area contributed by atoms with Crippen LogP contribution in [-0.4, -0.2) is 18.3 Å². The van der Waals surface area contributed by atoms with Crippen LogP contribution in [0.15, 0.2) is 18.2 Å². The maximum atomic E-state index is 8.52. The van der Waals surface area contributed by atoms with E-state index in [2.05, 4.69) is 32.0 Å². The zero-order valence-electron chi connectivity index (χ0n) is 8.21. The van der Waals surface area contributed by atoms with Gasteiger partial charge in [0.25, 0.3) is 0 Å². The Morgan fingerprint density at radius 2 is 2.00 bits per heavy atom. The Kier molecular flexibility index (Phi) is 3.93. The van der Waals surface area contributed by atoms with Gasteiger partial charge in [-0.1, -0.05) is 18.2 Å². The van der Waals surface area contributed by atoms with Gasteiger partial charge in [0.2, 0.25) is 0 Å². The lowest BCUT2D eigenvalue weighted by molar-refractivity contribution is 0.0815. The van der Waals surface area contributed by atoms with Crippen LogP contribution in [0.4, 0.5) is 0 Å². The highest BCUT2D eigenvalue weighted by molar-refractivity contribution is 5.29. The summed E-state index contributed by atoms with van der Waals surface area (Å²) in [6, 6.07) is 6.26. The van der Waals surface area contributed by atoms with Gasteiger partial charge in [-0.2, -0.15) is 0 Å². The Morgan fingerprint density at radius 1 is 1.23 bits per heavy atom. The molecular weight excluding hydrogens is 164 g/mol. The SMILES string of the molecule is Cc1ccc(COCCO)cc1C. The molecule has 72 valence electrons. The third-order valence-electron chi connectivity index (χ3n) is 2.08. The van der Waals surface area contributed by atoms with Gasteiger partial charge in [-0.25, -0.2) is 0 Å². The topological polar surface area (TPSA) is 29.5 Å². The van der Waals surface area contributed by atoms with Crippen LogP contribution in [0.3, 0.4) is 0 Å². The predicted molar refractivity (Wildman–Crippen MR) is 52.7 cm³/mol. The molecule has 0 amide bonds. The summed E-state index contributed by atoms with van der Waals surface area (Å²) in [6.07, 6.45) is 0. The van der Waals surface area contributed by atoms with Gasteiger partial charge in [0.1, 0.15) is 0 Å². The van der Waals surface area contributed by atoms with Crippen molar-refractivity contribution in [1.82, 2.24) is 0 Å². The third kappa shape index (κ3) is 3.17. The summed E-state index contributed by atoms with van der Waals surface area (Å²) in [7, 11) is 0. The highest BCUT2D eigenvalue weighted by atomic mass is 16.5. The van der Waals surface area contributed by atoms with Crippen LogP contribution in [-0.2, 0) is 11.3 Å². The van der Waals surface area contributed by atoms with E-state index in [-0.39, 0.29) is 6.61 Å². The van der Waals surface area contributed by atoms with Crippen LogP contribution in [0.25, 0.3) is 0 Å². The van der Waals surface area contributed by atoms with E-state index in [1.54, 1.807) is 0 Å². The fourth-order valence-corrected chi connectivity index (χ4v) is 1.15. The molecule has 0 aliphatic carbocycles. The normalized spacial score (nSPS) is 10.4. The van der Waals surface area contributed by atoms with E-state index in [0.29, 0.717) is 13.2 Å². The summed E-state index contributed by atoms with van der Waals surface area (Å²) in [4.78, 5) is 0. The number of hydrogen-bond acceptors (Lipinski definition) is 2. The van der Waals surface area contributed by atoms with Crippen LogP contribution < -0.4 is 0 Å². The Hall–Kier alpha value is -0.860. The lowest BCUT2D eigenvalue weighted by Crippen LogP contribution is -1.99. The zero-order valence-corrected chi connectivity index (χ0v) is 8.21. The minimum Gasteiger partial charge on any atom is -0.394 e. The van der Waals surface area contributed by atoms with Crippen LogP contribution in [0.5, 0.6) is 0 Å². The summed E-state index contributed by atoms with van der Waals surface area (Å²) >= 11 is 0. The van der Waals surface area contributed by atoms with Crippen LogP contribution in [0, 0.1) is 13.8 Å². The molecule has 0 saturated heterocycles. The van der Waals surface area contributed by atoms with E-state index in [9.17, 15) is 0 Å². The van der Waals surface area contributed by atoms with Crippen molar-refractivity contribution in [3.05, 3.63) is 34.9 Å². The fraction of sp³-hybridized carbons (Fsp3) is 0.455. The average Bonchev–Trinajstić information content (AvgIpc) is 2.12. The summed E-state index contributed by atoms with van der Waals surface area (Å²) in [6.45, 7) is 5.26. The molecule has 0 bridgehead atoms. The quantitative estimate of drug-likeness (QED) is 0.716. The van der Waals surface area contributed by atoms with Crippen molar-refractivity contribution in [1.29, 1.82) is 0 Å². The number of aliphatic hydroxyl groups is 1. The van der Waals surface area contributed by atoms with Crippen molar-refractivity contribution in [3.63, 3.8) is 0 Å². The maximum absolute atomic E-state index is 8.52. The van der Waals surface area contributed by atoms with E-state index in [4.69, 9.17) is 9.84 Å². The predicted octanol–water partition coefficient (Wildman–Crippen LogP) is 1.81. The molecule has 0 aliphatic rings. The lowest BCUT2D eigenvalue weighted by atomic mass is 10.1. The standard InChI is InChI=1S/C11H16O2/c1-9-3-4-11(7-10(9)2)8-13-6-5-12/h3-4,7,12H,5-6,8H2,1-2H3. The number of aryl methyl sites for hydroxylation is 2. The van der Waals surface area contributed by atoms with Crippen LogP contribution in [0.2, 0.25) is 0 Å². The zero-order chi connectivity index (χ0) is 9.68. The van der Waals surface area contributed by atoms with E-state index in [1.165, 1.54) is 11.1 Å². The summed E-state index contributed by atoms with van der Waals surface area (Å²) in [5.41, 5.74) is 3.74. The molecule has 1 aromatic carbocycles. The van der Waals surface area contributed by atoms with Crippen LogP contribution in [0.1, 0.15) is 16.7 Å². The highest BCUT2D eigenvalue weighted by Gasteiger charge is 1.95. The van der Waals surface area contributed by atoms with Gasteiger partial charge in [-0.05, 0) is 30.5 Å². The first kappa shape index (κ1) is 10.2. The lowest BCUT2D eigenvalue weighted by Gasteiger charge is -2.05. The van der Waals surface area contributed by atoms with Gasteiger partial charge in [0.15, 0.2) is 0 Å². The molecule has 0 radical (unpaired) electrons. The second kappa shape index (κ2) is 5.00. The molecule has 13 heavy (non-hydrogen) atoms. The minimum absolute atomic E-state index is 0.0881. The number of rotatable bonds is 4. The third-order valence-corrected chi connectivity index (χ3v) is 2.08. The van der Waals surface area contributed by atoms with Gasteiger partial charge in [0, 0.05) is 0 Å². The van der Waals surface area contributed by atoms with Crippen molar-refractivity contribution in [2.45, 2.75) is 20.5 Å². The molecular formula is C11H16O2. The first-order chi connectivity index (χ1) is 6.24. The van der Waals surface area contributed by atoms with Crippen molar-refractivity contribution >= 4 is 0 Å². The van der Waals surface area contributed by atoms with Crippen LogP contribution >= 0.6 is 0 Å². The second-order valence-electron chi connectivity index (χ2n) is 3.19. The highest BCUT2D eigenvalue weighted by Crippen LogP contribution is 2.10. The molecule has 0 spiro atoms. The first-order valence-corrected chi connectivity index (χ1v) is 4.49. The molecule has 1 aromatic rings. The van der Waals surface area contributed by atoms with E-state index >= 15 is 0 Å². The first-order valence-electron chi connectivity index (χ1n) is 4.49. The van der Waals surface area contributed by atoms with Crippen molar-refractivity contribution in [2.24, 2.45) is 0 Å². The Balaban J connectivity index is 2.53. The van der Waals surface area contributed by atoms with Gasteiger partial charge in [-0.15, -0.1) is 0 Å². The Labute approximate surface area is 79.2 Å². The van der Waals surface area contributed by atoms with E-state index in [1.807, 2.05) is 0 Å². The fourth-order valence-electron chi connectivity index (χ4n) is 1.15. The number of ether oxygens (including phenoxy) is 1. The number of benzene rings is 1. The van der Waals surface area contributed by atoms with Gasteiger partial charge in [0.05, 0.1) is 19.8 Å². The number of hydrogen-bond donors (Lipinski definition) is 1. The Morgan fingerprint density at radius 3 is 2.62 bits per heavy atom. The molecule has 2 heteroatoms.